The summed E-state index contributed by atoms with van der Waals surface area (Å²) in [5.41, 5.74) is 2.39. The quantitative estimate of drug-likeness (QED) is 0.267. The molecule has 0 aliphatic carbocycles. The third kappa shape index (κ3) is 7.77. The molecule has 0 fully saturated rings. The van der Waals surface area contributed by atoms with E-state index in [0.717, 1.165) is 16.9 Å². The summed E-state index contributed by atoms with van der Waals surface area (Å²) in [6.45, 7) is 5.10. The summed E-state index contributed by atoms with van der Waals surface area (Å²) in [6, 6.07) is 12.5. The van der Waals surface area contributed by atoms with Crippen molar-refractivity contribution in [3.05, 3.63) is 59.2 Å². The number of aliphatic hydroxyl groups excluding tert-OH is 1. The fourth-order valence-corrected chi connectivity index (χ4v) is 3.83. The number of aliphatic hydroxyl groups is 1. The molecular formula is C21H30IN3O4S. The number of sulfone groups is 1. The lowest BCUT2D eigenvalue weighted by Crippen LogP contribution is -2.39. The largest absolute Gasteiger partial charge is 0.497 e. The Morgan fingerprint density at radius 2 is 1.83 bits per heavy atom. The van der Waals surface area contributed by atoms with Gasteiger partial charge >= 0.3 is 0 Å². The van der Waals surface area contributed by atoms with Crippen molar-refractivity contribution in [1.29, 1.82) is 0 Å². The molecule has 30 heavy (non-hydrogen) atoms. The molecule has 0 saturated heterocycles. The minimum absolute atomic E-state index is 0. The van der Waals surface area contributed by atoms with Crippen molar-refractivity contribution in [2.75, 3.05) is 26.5 Å². The van der Waals surface area contributed by atoms with Gasteiger partial charge in [-0.3, -0.25) is 0 Å². The monoisotopic (exact) mass is 547 g/mol. The highest BCUT2D eigenvalue weighted by Crippen LogP contribution is 2.18. The molecule has 2 rings (SSSR count). The first kappa shape index (κ1) is 26.2. The Labute approximate surface area is 195 Å². The van der Waals surface area contributed by atoms with Gasteiger partial charge in [0.05, 0.1) is 24.7 Å². The molecule has 3 N–H and O–H groups in total. The zero-order valence-corrected chi connectivity index (χ0v) is 20.8. The molecule has 0 bridgehead atoms. The fourth-order valence-electron chi connectivity index (χ4n) is 2.88. The first-order chi connectivity index (χ1) is 13.7. The standard InChI is InChI=1S/C21H29N3O4S.HI/c1-5-22-21(24-14-19(25)17-7-9-18(28-3)10-8-17)23-13-16-6-11-20(15(2)12-16)29(4,26)27;/h6-12,19,25H,5,13-14H2,1-4H3,(H2,22,23,24);1H. The third-order valence-electron chi connectivity index (χ3n) is 4.37. The molecule has 1 unspecified atom stereocenters. The van der Waals surface area contributed by atoms with Gasteiger partial charge in [-0.05, 0) is 48.7 Å². The lowest BCUT2D eigenvalue weighted by atomic mass is 10.1. The predicted octanol–water partition coefficient (Wildman–Crippen LogP) is 2.81. The molecular weight excluding hydrogens is 517 g/mol. The Balaban J connectivity index is 0.00000450. The Bertz CT molecular complexity index is 947. The molecule has 1 atom stereocenters. The minimum atomic E-state index is -3.24. The van der Waals surface area contributed by atoms with Gasteiger partial charge in [0.15, 0.2) is 15.8 Å². The molecule has 0 amide bonds. The van der Waals surface area contributed by atoms with Crippen LogP contribution in [0.5, 0.6) is 5.75 Å². The van der Waals surface area contributed by atoms with Gasteiger partial charge in [-0.25, -0.2) is 13.4 Å². The Hall–Kier alpha value is -1.85. The maximum atomic E-state index is 11.7. The first-order valence-corrected chi connectivity index (χ1v) is 11.3. The van der Waals surface area contributed by atoms with Gasteiger partial charge in [-0.1, -0.05) is 24.3 Å². The summed E-state index contributed by atoms with van der Waals surface area (Å²) in [7, 11) is -1.64. The number of guanidine groups is 1. The van der Waals surface area contributed by atoms with E-state index in [0.29, 0.717) is 36.1 Å². The van der Waals surface area contributed by atoms with Crippen LogP contribution in [0.3, 0.4) is 0 Å². The van der Waals surface area contributed by atoms with Gasteiger partial charge in [0.1, 0.15) is 5.75 Å². The number of rotatable bonds is 8. The predicted molar refractivity (Wildman–Crippen MR) is 130 cm³/mol. The van der Waals surface area contributed by atoms with Crippen molar-refractivity contribution >= 4 is 39.8 Å². The van der Waals surface area contributed by atoms with Gasteiger partial charge in [-0.2, -0.15) is 0 Å². The van der Waals surface area contributed by atoms with Crippen LogP contribution < -0.4 is 15.4 Å². The molecule has 0 spiro atoms. The number of benzene rings is 2. The summed E-state index contributed by atoms with van der Waals surface area (Å²) in [6.07, 6.45) is 0.509. The van der Waals surface area contributed by atoms with Crippen molar-refractivity contribution in [2.24, 2.45) is 4.99 Å². The van der Waals surface area contributed by atoms with E-state index in [1.807, 2.05) is 25.1 Å². The second-order valence-corrected chi connectivity index (χ2v) is 8.72. The van der Waals surface area contributed by atoms with Crippen LogP contribution in [0.15, 0.2) is 52.4 Å². The maximum Gasteiger partial charge on any atom is 0.191 e. The first-order valence-electron chi connectivity index (χ1n) is 9.38. The van der Waals surface area contributed by atoms with E-state index in [9.17, 15) is 13.5 Å². The van der Waals surface area contributed by atoms with Gasteiger partial charge in [-0.15, -0.1) is 24.0 Å². The molecule has 0 heterocycles. The number of hydrogen-bond acceptors (Lipinski definition) is 5. The van der Waals surface area contributed by atoms with Crippen molar-refractivity contribution in [3.63, 3.8) is 0 Å². The van der Waals surface area contributed by atoms with Gasteiger partial charge in [0.2, 0.25) is 0 Å². The molecule has 166 valence electrons. The summed E-state index contributed by atoms with van der Waals surface area (Å²) in [5.74, 6) is 1.31. The van der Waals surface area contributed by atoms with Crippen LogP contribution in [-0.4, -0.2) is 45.9 Å². The van der Waals surface area contributed by atoms with E-state index in [4.69, 9.17) is 4.74 Å². The van der Waals surface area contributed by atoms with Gasteiger partial charge < -0.3 is 20.5 Å². The topological polar surface area (TPSA) is 100 Å². The second kappa shape index (κ2) is 12.1. The van der Waals surface area contributed by atoms with Crippen LogP contribution >= 0.6 is 24.0 Å². The Kier molecular flexibility index (Phi) is 10.6. The minimum Gasteiger partial charge on any atom is -0.497 e. The molecule has 0 saturated carbocycles. The highest BCUT2D eigenvalue weighted by atomic mass is 127. The maximum absolute atomic E-state index is 11.7. The summed E-state index contributed by atoms with van der Waals surface area (Å²) in [4.78, 5) is 4.85. The van der Waals surface area contributed by atoms with Crippen LogP contribution in [0, 0.1) is 6.92 Å². The van der Waals surface area contributed by atoms with E-state index in [1.54, 1.807) is 38.3 Å². The van der Waals surface area contributed by atoms with Gasteiger partial charge in [0.25, 0.3) is 0 Å². The number of nitrogens with zero attached hydrogens (tertiary/aromatic N) is 1. The molecule has 2 aromatic rings. The number of aliphatic imine (C=N–C) groups is 1. The van der Waals surface area contributed by atoms with Crippen LogP contribution in [0.25, 0.3) is 0 Å². The smallest absolute Gasteiger partial charge is 0.191 e. The molecule has 0 radical (unpaired) electrons. The van der Waals surface area contributed by atoms with Crippen molar-refractivity contribution in [2.45, 2.75) is 31.4 Å². The molecule has 0 aliphatic heterocycles. The van der Waals surface area contributed by atoms with Crippen LogP contribution in [-0.2, 0) is 16.4 Å². The number of nitrogens with one attached hydrogen (secondary N) is 2. The van der Waals surface area contributed by atoms with E-state index >= 15 is 0 Å². The molecule has 7 nitrogen and oxygen atoms in total. The number of aryl methyl sites for hydroxylation is 1. The summed E-state index contributed by atoms with van der Waals surface area (Å²) >= 11 is 0. The number of hydrogen-bond donors (Lipinski definition) is 3. The normalized spacial score (nSPS) is 12.6. The zero-order valence-electron chi connectivity index (χ0n) is 17.7. The average Bonchev–Trinajstić information content (AvgIpc) is 2.69. The molecule has 0 aliphatic rings. The number of methoxy groups -OCH3 is 1. The van der Waals surface area contributed by atoms with E-state index in [1.165, 1.54) is 6.26 Å². The lowest BCUT2D eigenvalue weighted by Gasteiger charge is -2.16. The van der Waals surface area contributed by atoms with E-state index in [2.05, 4.69) is 15.6 Å². The SMILES string of the molecule is CCNC(=NCc1ccc(S(C)(=O)=O)c(C)c1)NCC(O)c1ccc(OC)cc1.I. The van der Waals surface area contributed by atoms with Crippen LogP contribution in [0.1, 0.15) is 29.7 Å². The highest BCUT2D eigenvalue weighted by Gasteiger charge is 2.11. The Morgan fingerprint density at radius 1 is 1.17 bits per heavy atom. The van der Waals surface area contributed by atoms with Crippen molar-refractivity contribution < 1.29 is 18.3 Å². The average molecular weight is 547 g/mol. The fraction of sp³-hybridized carbons (Fsp3) is 0.381. The van der Waals surface area contributed by atoms with Crippen molar-refractivity contribution in [1.82, 2.24) is 10.6 Å². The van der Waals surface area contributed by atoms with Gasteiger partial charge in [0, 0.05) is 19.3 Å². The highest BCUT2D eigenvalue weighted by molar-refractivity contribution is 14.0. The van der Waals surface area contributed by atoms with Crippen LogP contribution in [0.4, 0.5) is 0 Å². The molecule has 9 heteroatoms. The van der Waals surface area contributed by atoms with Crippen LogP contribution in [0.2, 0.25) is 0 Å². The third-order valence-corrected chi connectivity index (χ3v) is 5.62. The summed E-state index contributed by atoms with van der Waals surface area (Å²) < 4.78 is 28.6. The Morgan fingerprint density at radius 3 is 2.37 bits per heavy atom. The molecule has 2 aromatic carbocycles. The number of halogens is 1. The van der Waals surface area contributed by atoms with Crippen molar-refractivity contribution in [3.8, 4) is 5.75 Å². The molecule has 0 aromatic heterocycles. The van der Waals surface area contributed by atoms with E-state index < -0.39 is 15.9 Å². The summed E-state index contributed by atoms with van der Waals surface area (Å²) in [5, 5.41) is 16.7. The zero-order chi connectivity index (χ0) is 21.4. The lowest BCUT2D eigenvalue weighted by molar-refractivity contribution is 0.180. The number of ether oxygens (including phenoxy) is 1. The van der Waals surface area contributed by atoms with E-state index in [-0.39, 0.29) is 24.0 Å². The second-order valence-electron chi connectivity index (χ2n) is 6.74.